The van der Waals surface area contributed by atoms with Gasteiger partial charge in [0.05, 0.1) is 6.20 Å². The molecular formula is C22H24N4O3. The summed E-state index contributed by atoms with van der Waals surface area (Å²) in [6, 6.07) is 9.77. The molecule has 3 heterocycles. The fourth-order valence-electron chi connectivity index (χ4n) is 3.61. The Morgan fingerprint density at radius 1 is 1.24 bits per heavy atom. The van der Waals surface area contributed by atoms with Crippen molar-refractivity contribution in [3.8, 4) is 0 Å². The Hall–Kier alpha value is -3.35. The van der Waals surface area contributed by atoms with E-state index in [1.807, 2.05) is 17.0 Å². The van der Waals surface area contributed by atoms with E-state index in [1.165, 1.54) is 0 Å². The second-order valence-electron chi connectivity index (χ2n) is 7.50. The second kappa shape index (κ2) is 7.95. The maximum absolute atomic E-state index is 12.6. The van der Waals surface area contributed by atoms with E-state index in [2.05, 4.69) is 28.3 Å². The third-order valence-electron chi connectivity index (χ3n) is 5.21. The lowest BCUT2D eigenvalue weighted by Crippen LogP contribution is -2.35. The SMILES string of the molecule is CN(C)C(=O)c1cc2ccc(C3=CCCN(C(=O)CCc4ccno4)C3)cc2[nH]1. The van der Waals surface area contributed by atoms with Gasteiger partial charge < -0.3 is 19.3 Å². The van der Waals surface area contributed by atoms with Crippen LogP contribution in [-0.4, -0.2) is 58.9 Å². The summed E-state index contributed by atoms with van der Waals surface area (Å²) in [6.45, 7) is 1.32. The zero-order chi connectivity index (χ0) is 20.4. The Balaban J connectivity index is 1.47. The van der Waals surface area contributed by atoms with Crippen LogP contribution in [0.5, 0.6) is 0 Å². The van der Waals surface area contributed by atoms with Crippen LogP contribution in [0.25, 0.3) is 16.5 Å². The first-order chi connectivity index (χ1) is 14.0. The number of hydrogen-bond acceptors (Lipinski definition) is 4. The molecule has 2 amide bonds. The number of aromatic amines is 1. The number of carbonyl (C=O) groups is 2. The van der Waals surface area contributed by atoms with Crippen LogP contribution < -0.4 is 0 Å². The molecule has 1 aliphatic rings. The highest BCUT2D eigenvalue weighted by molar-refractivity contribution is 5.98. The number of hydrogen-bond donors (Lipinski definition) is 1. The number of nitrogens with one attached hydrogen (secondary N) is 1. The highest BCUT2D eigenvalue weighted by Crippen LogP contribution is 2.26. The first-order valence-electron chi connectivity index (χ1n) is 9.72. The van der Waals surface area contributed by atoms with Gasteiger partial charge in [0.2, 0.25) is 5.91 Å². The van der Waals surface area contributed by atoms with Crippen LogP contribution in [0.2, 0.25) is 0 Å². The minimum Gasteiger partial charge on any atom is -0.361 e. The Bertz CT molecular complexity index is 1060. The lowest BCUT2D eigenvalue weighted by molar-refractivity contribution is -0.130. The van der Waals surface area contributed by atoms with Crippen LogP contribution in [0.1, 0.15) is 34.7 Å². The average Bonchev–Trinajstić information content (AvgIpc) is 3.40. The molecule has 2 aromatic heterocycles. The summed E-state index contributed by atoms with van der Waals surface area (Å²) in [5, 5.41) is 4.67. The molecule has 1 aromatic carbocycles. The third-order valence-corrected chi connectivity index (χ3v) is 5.21. The Morgan fingerprint density at radius 2 is 2.10 bits per heavy atom. The van der Waals surface area contributed by atoms with Crippen molar-refractivity contribution >= 4 is 28.3 Å². The van der Waals surface area contributed by atoms with Gasteiger partial charge in [0.25, 0.3) is 5.91 Å². The number of fused-ring (bicyclic) bond motifs is 1. The van der Waals surface area contributed by atoms with Gasteiger partial charge in [-0.2, -0.15) is 0 Å². The Kier molecular flexibility index (Phi) is 5.20. The number of H-pyrrole nitrogens is 1. The fourth-order valence-corrected chi connectivity index (χ4v) is 3.61. The number of benzene rings is 1. The van der Waals surface area contributed by atoms with Gasteiger partial charge in [-0.25, -0.2) is 0 Å². The summed E-state index contributed by atoms with van der Waals surface area (Å²) >= 11 is 0. The first-order valence-corrected chi connectivity index (χ1v) is 9.72. The predicted molar refractivity (Wildman–Crippen MR) is 110 cm³/mol. The number of aryl methyl sites for hydroxylation is 1. The molecule has 0 atom stereocenters. The van der Waals surface area contributed by atoms with Gasteiger partial charge in [-0.05, 0) is 29.7 Å². The molecule has 0 spiro atoms. The molecule has 0 bridgehead atoms. The van der Waals surface area contributed by atoms with Gasteiger partial charge in [-0.15, -0.1) is 0 Å². The van der Waals surface area contributed by atoms with Gasteiger partial charge in [-0.3, -0.25) is 9.59 Å². The van der Waals surface area contributed by atoms with E-state index < -0.39 is 0 Å². The van der Waals surface area contributed by atoms with Crippen molar-refractivity contribution in [1.82, 2.24) is 19.9 Å². The van der Waals surface area contributed by atoms with Crippen LogP contribution in [-0.2, 0) is 11.2 Å². The van der Waals surface area contributed by atoms with E-state index in [1.54, 1.807) is 31.3 Å². The van der Waals surface area contributed by atoms with Gasteiger partial charge in [0.15, 0.2) is 0 Å². The highest BCUT2D eigenvalue weighted by atomic mass is 16.5. The number of carbonyl (C=O) groups excluding carboxylic acids is 2. The summed E-state index contributed by atoms with van der Waals surface area (Å²) in [7, 11) is 3.47. The molecule has 150 valence electrons. The van der Waals surface area contributed by atoms with Crippen molar-refractivity contribution in [2.75, 3.05) is 27.2 Å². The number of aromatic nitrogens is 2. The smallest absolute Gasteiger partial charge is 0.269 e. The molecule has 7 heteroatoms. The number of rotatable bonds is 5. The standard InChI is InChI=1S/C22H24N4O3/c1-25(2)22(28)20-13-16-6-5-15(12-19(16)24-20)17-4-3-11-26(14-17)21(27)8-7-18-9-10-23-29-18/h4-6,9-10,12-13,24H,3,7-8,11,14H2,1-2H3. The molecule has 0 unspecified atom stereocenters. The molecule has 0 fully saturated rings. The van der Waals surface area contributed by atoms with Crippen LogP contribution >= 0.6 is 0 Å². The van der Waals surface area contributed by atoms with Crippen molar-refractivity contribution in [2.24, 2.45) is 0 Å². The van der Waals surface area contributed by atoms with E-state index >= 15 is 0 Å². The van der Waals surface area contributed by atoms with E-state index in [0.29, 0.717) is 25.1 Å². The van der Waals surface area contributed by atoms with Crippen molar-refractivity contribution in [3.63, 3.8) is 0 Å². The molecule has 1 aliphatic heterocycles. The zero-order valence-electron chi connectivity index (χ0n) is 16.6. The minimum absolute atomic E-state index is 0.0526. The van der Waals surface area contributed by atoms with Crippen LogP contribution in [0.4, 0.5) is 0 Å². The Labute approximate surface area is 169 Å². The van der Waals surface area contributed by atoms with Gasteiger partial charge >= 0.3 is 0 Å². The number of nitrogens with zero attached hydrogens (tertiary/aromatic N) is 3. The maximum Gasteiger partial charge on any atom is 0.269 e. The largest absolute Gasteiger partial charge is 0.361 e. The lowest BCUT2D eigenvalue weighted by atomic mass is 9.99. The van der Waals surface area contributed by atoms with Gasteiger partial charge in [0.1, 0.15) is 11.5 Å². The predicted octanol–water partition coefficient (Wildman–Crippen LogP) is 3.11. The Morgan fingerprint density at radius 3 is 2.86 bits per heavy atom. The van der Waals surface area contributed by atoms with Crippen molar-refractivity contribution in [3.05, 3.63) is 59.6 Å². The van der Waals surface area contributed by atoms with Gasteiger partial charge in [-0.1, -0.05) is 23.4 Å². The zero-order valence-corrected chi connectivity index (χ0v) is 16.6. The van der Waals surface area contributed by atoms with E-state index in [0.717, 1.165) is 40.8 Å². The molecule has 0 saturated heterocycles. The highest BCUT2D eigenvalue weighted by Gasteiger charge is 2.20. The minimum atomic E-state index is -0.0526. The summed E-state index contributed by atoms with van der Waals surface area (Å²) in [4.78, 5) is 31.5. The number of amides is 2. The molecule has 4 rings (SSSR count). The topological polar surface area (TPSA) is 82.4 Å². The molecule has 3 aromatic rings. The van der Waals surface area contributed by atoms with Crippen LogP contribution in [0.15, 0.2) is 47.1 Å². The monoisotopic (exact) mass is 392 g/mol. The summed E-state index contributed by atoms with van der Waals surface area (Å²) in [5.74, 6) is 0.793. The quantitative estimate of drug-likeness (QED) is 0.723. The van der Waals surface area contributed by atoms with E-state index in [-0.39, 0.29) is 11.8 Å². The van der Waals surface area contributed by atoms with Gasteiger partial charge in [0, 0.05) is 57.0 Å². The third kappa shape index (κ3) is 4.08. The molecular weight excluding hydrogens is 368 g/mol. The fraction of sp³-hybridized carbons (Fsp3) is 0.318. The molecule has 0 radical (unpaired) electrons. The average molecular weight is 392 g/mol. The molecule has 0 aliphatic carbocycles. The lowest BCUT2D eigenvalue weighted by Gasteiger charge is -2.27. The van der Waals surface area contributed by atoms with Crippen LogP contribution in [0.3, 0.4) is 0 Å². The molecule has 1 N–H and O–H groups in total. The van der Waals surface area contributed by atoms with E-state index in [9.17, 15) is 9.59 Å². The molecule has 29 heavy (non-hydrogen) atoms. The molecule has 7 nitrogen and oxygen atoms in total. The second-order valence-corrected chi connectivity index (χ2v) is 7.50. The first kappa shape index (κ1) is 19.0. The van der Waals surface area contributed by atoms with E-state index in [4.69, 9.17) is 4.52 Å². The van der Waals surface area contributed by atoms with Crippen molar-refractivity contribution < 1.29 is 14.1 Å². The normalized spacial score (nSPS) is 14.1. The van der Waals surface area contributed by atoms with Crippen molar-refractivity contribution in [2.45, 2.75) is 19.3 Å². The summed E-state index contributed by atoms with van der Waals surface area (Å²) in [5.41, 5.74) is 3.68. The van der Waals surface area contributed by atoms with Crippen molar-refractivity contribution in [1.29, 1.82) is 0 Å². The maximum atomic E-state index is 12.6. The molecule has 0 saturated carbocycles. The summed E-state index contributed by atoms with van der Waals surface area (Å²) in [6.07, 6.45) is 5.59. The van der Waals surface area contributed by atoms with Crippen LogP contribution in [0, 0.1) is 0 Å². The summed E-state index contributed by atoms with van der Waals surface area (Å²) < 4.78 is 5.07.